The van der Waals surface area contributed by atoms with E-state index in [2.05, 4.69) is 0 Å². The normalized spacial score (nSPS) is 25.8. The second kappa shape index (κ2) is 5.26. The number of aliphatic carboxylic acids is 1. The molecule has 2 aliphatic rings. The summed E-state index contributed by atoms with van der Waals surface area (Å²) in [6.45, 7) is 5.92. The van der Waals surface area contributed by atoms with Gasteiger partial charge in [0.25, 0.3) is 0 Å². The van der Waals surface area contributed by atoms with Gasteiger partial charge in [0.1, 0.15) is 11.6 Å². The van der Waals surface area contributed by atoms with Gasteiger partial charge in [0.15, 0.2) is 0 Å². The maximum Gasteiger partial charge on any atom is 0.411 e. The molecule has 1 aliphatic heterocycles. The number of amides is 1. The number of carbonyl (C=O) groups is 2. The van der Waals surface area contributed by atoms with Gasteiger partial charge >= 0.3 is 12.1 Å². The van der Waals surface area contributed by atoms with Crippen molar-refractivity contribution in [1.29, 1.82) is 0 Å². The van der Waals surface area contributed by atoms with Crippen molar-refractivity contribution in [3.63, 3.8) is 0 Å². The molecule has 5 heteroatoms. The first-order valence-corrected chi connectivity index (χ1v) is 7.45. The molecule has 20 heavy (non-hydrogen) atoms. The highest BCUT2D eigenvalue weighted by molar-refractivity contribution is 5.81. The predicted octanol–water partition coefficient (Wildman–Crippen LogP) is 3.03. The minimum Gasteiger partial charge on any atom is -0.480 e. The average Bonchev–Trinajstić information content (AvgIpc) is 2.68. The highest BCUT2D eigenvalue weighted by Gasteiger charge is 2.49. The Labute approximate surface area is 120 Å². The molecule has 2 fully saturated rings. The van der Waals surface area contributed by atoms with Gasteiger partial charge in [-0.1, -0.05) is 19.3 Å². The third-order valence-electron chi connectivity index (χ3n) is 4.34. The van der Waals surface area contributed by atoms with E-state index in [1.165, 1.54) is 11.3 Å². The van der Waals surface area contributed by atoms with Gasteiger partial charge in [0.2, 0.25) is 0 Å². The molecule has 0 radical (unpaired) electrons. The van der Waals surface area contributed by atoms with Gasteiger partial charge in [-0.2, -0.15) is 0 Å². The Morgan fingerprint density at radius 1 is 1.20 bits per heavy atom. The number of ether oxygens (including phenoxy) is 1. The summed E-state index contributed by atoms with van der Waals surface area (Å²) in [4.78, 5) is 25.1. The van der Waals surface area contributed by atoms with E-state index >= 15 is 0 Å². The highest BCUT2D eigenvalue weighted by atomic mass is 16.6. The summed E-state index contributed by atoms with van der Waals surface area (Å²) in [6.07, 6.45) is 5.61. The van der Waals surface area contributed by atoms with Crippen LogP contribution in [0.25, 0.3) is 0 Å². The van der Waals surface area contributed by atoms with Crippen LogP contribution in [-0.4, -0.2) is 40.3 Å². The van der Waals surface area contributed by atoms with Crippen LogP contribution in [0.2, 0.25) is 0 Å². The lowest BCUT2D eigenvalue weighted by atomic mass is 9.73. The molecular weight excluding hydrogens is 258 g/mol. The summed E-state index contributed by atoms with van der Waals surface area (Å²) < 4.78 is 5.36. The van der Waals surface area contributed by atoms with Gasteiger partial charge in [0.05, 0.1) is 0 Å². The Bertz CT molecular complexity index is 393. The van der Waals surface area contributed by atoms with Crippen molar-refractivity contribution in [3.05, 3.63) is 0 Å². The van der Waals surface area contributed by atoms with E-state index < -0.39 is 23.7 Å². The third kappa shape index (κ3) is 3.25. The zero-order chi connectivity index (χ0) is 15.0. The van der Waals surface area contributed by atoms with E-state index in [1.807, 2.05) is 0 Å². The van der Waals surface area contributed by atoms with Gasteiger partial charge in [-0.05, 0) is 45.4 Å². The number of nitrogens with zero attached hydrogens (tertiary/aromatic N) is 1. The van der Waals surface area contributed by atoms with Crippen LogP contribution >= 0.6 is 0 Å². The summed E-state index contributed by atoms with van der Waals surface area (Å²) in [5, 5.41) is 9.40. The standard InChI is InChI=1S/C15H25NO4/c1-14(2,3)20-13(19)16-10-15(7-5-4-6-8-15)9-11(16)12(17)18/h11H,4-10H2,1-3H3,(H,17,18). The summed E-state index contributed by atoms with van der Waals surface area (Å²) >= 11 is 0. The smallest absolute Gasteiger partial charge is 0.411 e. The molecule has 5 nitrogen and oxygen atoms in total. The molecule has 1 aliphatic carbocycles. The predicted molar refractivity (Wildman–Crippen MR) is 74.5 cm³/mol. The maximum absolute atomic E-state index is 12.2. The molecule has 1 spiro atoms. The Morgan fingerprint density at radius 2 is 1.80 bits per heavy atom. The van der Waals surface area contributed by atoms with Gasteiger partial charge in [-0.25, -0.2) is 9.59 Å². The SMILES string of the molecule is CC(C)(C)OC(=O)N1CC2(CCCCC2)CC1C(=O)O. The molecule has 1 saturated heterocycles. The summed E-state index contributed by atoms with van der Waals surface area (Å²) in [5.41, 5.74) is -0.597. The molecule has 1 amide bonds. The minimum atomic E-state index is -0.918. The van der Waals surface area contributed by atoms with Crippen molar-refractivity contribution in [2.24, 2.45) is 5.41 Å². The highest BCUT2D eigenvalue weighted by Crippen LogP contribution is 2.46. The van der Waals surface area contributed by atoms with Crippen LogP contribution in [0.15, 0.2) is 0 Å². The van der Waals surface area contributed by atoms with E-state index in [9.17, 15) is 14.7 Å². The number of hydrogen-bond donors (Lipinski definition) is 1. The first-order valence-electron chi connectivity index (χ1n) is 7.45. The minimum absolute atomic E-state index is 0.00177. The largest absolute Gasteiger partial charge is 0.480 e. The Balaban J connectivity index is 2.13. The van der Waals surface area contributed by atoms with Crippen LogP contribution in [0.3, 0.4) is 0 Å². The molecule has 114 valence electrons. The molecule has 1 saturated carbocycles. The number of hydrogen-bond acceptors (Lipinski definition) is 3. The monoisotopic (exact) mass is 283 g/mol. The molecule has 0 bridgehead atoms. The molecule has 1 unspecified atom stereocenters. The van der Waals surface area contributed by atoms with Gasteiger partial charge in [0, 0.05) is 6.54 Å². The molecule has 0 aromatic rings. The van der Waals surface area contributed by atoms with Crippen molar-refractivity contribution >= 4 is 12.1 Å². The molecule has 0 aromatic heterocycles. The number of carbonyl (C=O) groups excluding carboxylic acids is 1. The Morgan fingerprint density at radius 3 is 2.30 bits per heavy atom. The van der Waals surface area contributed by atoms with Crippen molar-refractivity contribution in [1.82, 2.24) is 4.90 Å². The topological polar surface area (TPSA) is 66.8 Å². The van der Waals surface area contributed by atoms with Crippen LogP contribution in [0.4, 0.5) is 4.79 Å². The summed E-state index contributed by atoms with van der Waals surface area (Å²) in [5.74, 6) is -0.918. The average molecular weight is 283 g/mol. The third-order valence-corrected chi connectivity index (χ3v) is 4.34. The zero-order valence-corrected chi connectivity index (χ0v) is 12.6. The fraction of sp³-hybridized carbons (Fsp3) is 0.867. The molecule has 1 heterocycles. The van der Waals surface area contributed by atoms with Crippen LogP contribution in [0, 0.1) is 5.41 Å². The molecular formula is C15H25NO4. The lowest BCUT2D eigenvalue weighted by molar-refractivity contribution is -0.142. The van der Waals surface area contributed by atoms with Crippen molar-refractivity contribution in [3.8, 4) is 0 Å². The van der Waals surface area contributed by atoms with Crippen molar-refractivity contribution < 1.29 is 19.4 Å². The van der Waals surface area contributed by atoms with Crippen LogP contribution in [0.5, 0.6) is 0 Å². The van der Waals surface area contributed by atoms with E-state index in [1.54, 1.807) is 20.8 Å². The van der Waals surface area contributed by atoms with Crippen LogP contribution in [-0.2, 0) is 9.53 Å². The maximum atomic E-state index is 12.2. The van der Waals surface area contributed by atoms with Gasteiger partial charge < -0.3 is 9.84 Å². The summed E-state index contributed by atoms with van der Waals surface area (Å²) in [7, 11) is 0. The van der Waals surface area contributed by atoms with Gasteiger partial charge in [-0.15, -0.1) is 0 Å². The van der Waals surface area contributed by atoms with Crippen LogP contribution < -0.4 is 0 Å². The molecule has 1 N–H and O–H groups in total. The van der Waals surface area contributed by atoms with E-state index in [4.69, 9.17) is 4.74 Å². The number of carboxylic acids is 1. The second-order valence-corrected chi connectivity index (χ2v) is 7.23. The molecule has 0 aromatic carbocycles. The fourth-order valence-corrected chi connectivity index (χ4v) is 3.45. The molecule has 2 rings (SSSR count). The van der Waals surface area contributed by atoms with Crippen LogP contribution in [0.1, 0.15) is 59.3 Å². The van der Waals surface area contributed by atoms with E-state index in [0.717, 1.165) is 25.7 Å². The zero-order valence-electron chi connectivity index (χ0n) is 12.6. The van der Waals surface area contributed by atoms with Crippen molar-refractivity contribution in [2.45, 2.75) is 70.9 Å². The Kier molecular flexibility index (Phi) is 3.98. The van der Waals surface area contributed by atoms with Gasteiger partial charge in [-0.3, -0.25) is 4.90 Å². The number of likely N-dealkylation sites (tertiary alicyclic amines) is 1. The fourth-order valence-electron chi connectivity index (χ4n) is 3.45. The second-order valence-electron chi connectivity index (χ2n) is 7.23. The summed E-state index contributed by atoms with van der Waals surface area (Å²) in [6, 6.07) is -0.733. The lowest BCUT2D eigenvalue weighted by Crippen LogP contribution is -2.43. The van der Waals surface area contributed by atoms with E-state index in [-0.39, 0.29) is 5.41 Å². The molecule has 1 atom stereocenters. The first-order chi connectivity index (χ1) is 9.22. The number of carboxylic acid groups (broad SMARTS) is 1. The Hall–Kier alpha value is -1.26. The number of rotatable bonds is 1. The lowest BCUT2D eigenvalue weighted by Gasteiger charge is -2.33. The van der Waals surface area contributed by atoms with E-state index in [0.29, 0.717) is 13.0 Å². The quantitative estimate of drug-likeness (QED) is 0.803. The van der Waals surface area contributed by atoms with Crippen molar-refractivity contribution in [2.75, 3.05) is 6.54 Å². The first kappa shape index (κ1) is 15.1.